The van der Waals surface area contributed by atoms with Crippen LogP contribution in [0.1, 0.15) is 45.9 Å². The third kappa shape index (κ3) is 5.90. The second-order valence-electron chi connectivity index (χ2n) is 8.37. The molecule has 0 aliphatic heterocycles. The summed E-state index contributed by atoms with van der Waals surface area (Å²) in [5.74, 6) is 0.404. The number of hydrogen-bond acceptors (Lipinski definition) is 4. The largest absolute Gasteiger partial charge is 0.346 e. The first-order chi connectivity index (χ1) is 16.1. The van der Waals surface area contributed by atoms with Crippen molar-refractivity contribution < 1.29 is 4.79 Å². The van der Waals surface area contributed by atoms with E-state index in [-0.39, 0.29) is 5.91 Å². The summed E-state index contributed by atoms with van der Waals surface area (Å²) in [6.07, 6.45) is 13.2. The van der Waals surface area contributed by atoms with Gasteiger partial charge in [-0.1, -0.05) is 42.5 Å². The van der Waals surface area contributed by atoms with Gasteiger partial charge in [-0.25, -0.2) is 0 Å². The van der Waals surface area contributed by atoms with E-state index in [4.69, 9.17) is 0 Å². The van der Waals surface area contributed by atoms with Crippen molar-refractivity contribution in [3.63, 3.8) is 0 Å². The van der Waals surface area contributed by atoms with Crippen LogP contribution in [-0.2, 0) is 6.54 Å². The number of amides is 1. The highest BCUT2D eigenvalue weighted by atomic mass is 32.2. The zero-order chi connectivity index (χ0) is 23.2. The number of aryl methyl sites for hydroxylation is 1. The topological polar surface area (TPSA) is 42.0 Å². The molecule has 2 unspecified atom stereocenters. The molecule has 1 aromatic heterocycles. The van der Waals surface area contributed by atoms with Gasteiger partial charge in [0.25, 0.3) is 5.91 Å². The number of nitrogens with zero attached hydrogens (tertiary/aromatic N) is 1. The number of aromatic nitrogens is 1. The summed E-state index contributed by atoms with van der Waals surface area (Å²) in [5, 5.41) is 3.66. The highest BCUT2D eigenvalue weighted by molar-refractivity contribution is 7.99. The molecule has 170 valence electrons. The number of benzene rings is 2. The van der Waals surface area contributed by atoms with Crippen LogP contribution in [0.2, 0.25) is 0 Å². The van der Waals surface area contributed by atoms with Crippen molar-refractivity contribution in [2.45, 2.75) is 42.4 Å². The van der Waals surface area contributed by atoms with Crippen LogP contribution in [0.4, 0.5) is 0 Å². The van der Waals surface area contributed by atoms with Crippen LogP contribution < -0.4 is 5.32 Å². The first kappa shape index (κ1) is 23.7. The Morgan fingerprint density at radius 3 is 2.64 bits per heavy atom. The molecule has 0 spiro atoms. The summed E-state index contributed by atoms with van der Waals surface area (Å²) in [4.78, 5) is 18.3. The van der Waals surface area contributed by atoms with Gasteiger partial charge in [0.15, 0.2) is 0 Å². The van der Waals surface area contributed by atoms with Crippen molar-refractivity contribution in [2.24, 2.45) is 0 Å². The Morgan fingerprint density at radius 2 is 1.88 bits per heavy atom. The second-order valence-corrected chi connectivity index (χ2v) is 10.3. The van der Waals surface area contributed by atoms with Crippen molar-refractivity contribution in [3.05, 3.63) is 95.3 Å². The smallest absolute Gasteiger partial charge is 0.251 e. The van der Waals surface area contributed by atoms with Crippen LogP contribution in [0, 0.1) is 6.92 Å². The molecule has 0 fully saturated rings. The predicted molar refractivity (Wildman–Crippen MR) is 142 cm³/mol. The lowest BCUT2D eigenvalue weighted by atomic mass is 9.87. The molecule has 0 bridgehead atoms. The molecule has 3 aromatic rings. The SMILES string of the molecule is CSc1cc(C(=O)NCc2cc(-c3cccc(C4C=CC(SC)CC4)c3)ccn2)ccc1C. The van der Waals surface area contributed by atoms with Gasteiger partial charge in [-0.05, 0) is 78.8 Å². The molecule has 5 heteroatoms. The fourth-order valence-electron chi connectivity index (χ4n) is 4.21. The monoisotopic (exact) mass is 474 g/mol. The van der Waals surface area contributed by atoms with Gasteiger partial charge in [0, 0.05) is 27.8 Å². The highest BCUT2D eigenvalue weighted by Gasteiger charge is 2.17. The minimum Gasteiger partial charge on any atom is -0.346 e. The van der Waals surface area contributed by atoms with Crippen LogP contribution in [0.25, 0.3) is 11.1 Å². The van der Waals surface area contributed by atoms with Gasteiger partial charge in [-0.2, -0.15) is 11.8 Å². The molecule has 4 rings (SSSR count). The summed E-state index contributed by atoms with van der Waals surface area (Å²) < 4.78 is 0. The number of thioether (sulfide) groups is 2. The highest BCUT2D eigenvalue weighted by Crippen LogP contribution is 2.33. The van der Waals surface area contributed by atoms with E-state index in [9.17, 15) is 4.79 Å². The van der Waals surface area contributed by atoms with E-state index in [2.05, 4.69) is 66.0 Å². The number of allylic oxidation sites excluding steroid dienone is 1. The van der Waals surface area contributed by atoms with Gasteiger partial charge in [-0.3, -0.25) is 9.78 Å². The number of carbonyl (C=O) groups excluding carboxylic acids is 1. The lowest BCUT2D eigenvalue weighted by Crippen LogP contribution is -2.23. The van der Waals surface area contributed by atoms with E-state index < -0.39 is 0 Å². The molecular weight excluding hydrogens is 444 g/mol. The third-order valence-electron chi connectivity index (χ3n) is 6.19. The Bertz CT molecular complexity index is 1160. The number of nitrogens with one attached hydrogen (secondary N) is 1. The first-order valence-electron chi connectivity index (χ1n) is 11.3. The standard InChI is InChI=1S/C28H30N2OS2/c1-19-7-8-24(17-27(19)33-3)28(31)30-18-25-16-23(13-14-29-25)22-6-4-5-21(15-22)20-9-11-26(32-2)12-10-20/h4-9,11,13-17,20,26H,10,12,18H2,1-3H3,(H,30,31). The van der Waals surface area contributed by atoms with Crippen LogP contribution >= 0.6 is 23.5 Å². The summed E-state index contributed by atoms with van der Waals surface area (Å²) in [7, 11) is 0. The number of carbonyl (C=O) groups is 1. The Hall–Kier alpha value is -2.50. The van der Waals surface area contributed by atoms with Crippen molar-refractivity contribution in [1.82, 2.24) is 10.3 Å². The van der Waals surface area contributed by atoms with Crippen LogP contribution in [-0.4, -0.2) is 28.7 Å². The van der Waals surface area contributed by atoms with Crippen molar-refractivity contribution >= 4 is 29.4 Å². The second kappa shape index (κ2) is 11.1. The normalized spacial score (nSPS) is 17.7. The molecule has 33 heavy (non-hydrogen) atoms. The van der Waals surface area contributed by atoms with Gasteiger partial charge < -0.3 is 5.32 Å². The zero-order valence-corrected chi connectivity index (χ0v) is 21.0. The lowest BCUT2D eigenvalue weighted by Gasteiger charge is -2.22. The van der Waals surface area contributed by atoms with Gasteiger partial charge in [0.1, 0.15) is 0 Å². The fourth-order valence-corrected chi connectivity index (χ4v) is 5.46. The Balaban J connectivity index is 1.46. The summed E-state index contributed by atoms with van der Waals surface area (Å²) >= 11 is 3.58. The molecule has 3 nitrogen and oxygen atoms in total. The van der Waals surface area contributed by atoms with E-state index in [1.54, 1.807) is 11.8 Å². The molecular formula is C28H30N2OS2. The van der Waals surface area contributed by atoms with Crippen molar-refractivity contribution in [2.75, 3.05) is 12.5 Å². The maximum Gasteiger partial charge on any atom is 0.251 e. The van der Waals surface area contributed by atoms with Gasteiger partial charge in [0.2, 0.25) is 0 Å². The van der Waals surface area contributed by atoms with Crippen LogP contribution in [0.15, 0.2) is 77.8 Å². The average Bonchev–Trinajstić information content (AvgIpc) is 2.88. The van der Waals surface area contributed by atoms with E-state index in [0.717, 1.165) is 16.2 Å². The van der Waals surface area contributed by atoms with E-state index in [0.29, 0.717) is 23.3 Å². The molecule has 0 saturated heterocycles. The number of rotatable bonds is 7. The maximum absolute atomic E-state index is 12.7. The number of hydrogen-bond donors (Lipinski definition) is 1. The predicted octanol–water partition coefficient (Wildman–Crippen LogP) is 6.87. The lowest BCUT2D eigenvalue weighted by molar-refractivity contribution is 0.0950. The van der Waals surface area contributed by atoms with Crippen LogP contribution in [0.5, 0.6) is 0 Å². The van der Waals surface area contributed by atoms with E-state index >= 15 is 0 Å². The molecule has 0 radical (unpaired) electrons. The Kier molecular flexibility index (Phi) is 7.94. The molecule has 2 aromatic carbocycles. The minimum atomic E-state index is -0.0767. The van der Waals surface area contributed by atoms with Crippen molar-refractivity contribution in [1.29, 1.82) is 0 Å². The summed E-state index contributed by atoms with van der Waals surface area (Å²) in [6, 6.07) is 18.7. The van der Waals surface area contributed by atoms with Gasteiger partial charge in [-0.15, -0.1) is 11.8 Å². The molecule has 0 saturated carbocycles. The molecule has 2 atom stereocenters. The van der Waals surface area contributed by atoms with E-state index in [1.807, 2.05) is 48.5 Å². The molecule has 1 aliphatic carbocycles. The van der Waals surface area contributed by atoms with Gasteiger partial charge >= 0.3 is 0 Å². The maximum atomic E-state index is 12.7. The molecule has 1 aliphatic rings. The molecule has 1 amide bonds. The molecule has 1 heterocycles. The Morgan fingerprint density at radius 1 is 1.03 bits per heavy atom. The zero-order valence-electron chi connectivity index (χ0n) is 19.4. The summed E-state index contributed by atoms with van der Waals surface area (Å²) in [6.45, 7) is 2.46. The van der Waals surface area contributed by atoms with Crippen LogP contribution in [0.3, 0.4) is 0 Å². The third-order valence-corrected chi connectivity index (χ3v) is 8.07. The Labute approximate surface area is 205 Å². The summed E-state index contributed by atoms with van der Waals surface area (Å²) in [5.41, 5.74) is 6.38. The fraction of sp³-hybridized carbons (Fsp3) is 0.286. The van der Waals surface area contributed by atoms with Gasteiger partial charge in [0.05, 0.1) is 12.2 Å². The first-order valence-corrected chi connectivity index (χ1v) is 13.8. The quantitative estimate of drug-likeness (QED) is 0.300. The minimum absolute atomic E-state index is 0.0767. The number of pyridine rings is 1. The molecule has 1 N–H and O–H groups in total. The van der Waals surface area contributed by atoms with E-state index in [1.165, 1.54) is 29.5 Å². The average molecular weight is 475 g/mol. The van der Waals surface area contributed by atoms with Crippen molar-refractivity contribution in [3.8, 4) is 11.1 Å².